The summed E-state index contributed by atoms with van der Waals surface area (Å²) in [5.74, 6) is 2.38. The Labute approximate surface area is 186 Å². The standard InChI is InChI=1S/C26H37BrO2/c1-11-28-25-18(7)14(3)23(15(4)19(25)8)22(13-27)24-16(5)20(9)26(29-12-2)21(10)17(24)6/h22H,11-13H2,1-10H3. The molecule has 0 aliphatic carbocycles. The summed E-state index contributed by atoms with van der Waals surface area (Å²) in [6, 6.07) is 0. The summed E-state index contributed by atoms with van der Waals surface area (Å²) in [5, 5.41) is 0.885. The molecule has 2 nitrogen and oxygen atoms in total. The molecule has 3 heteroatoms. The van der Waals surface area contributed by atoms with Crippen LogP contribution in [0.15, 0.2) is 0 Å². The van der Waals surface area contributed by atoms with E-state index in [0.29, 0.717) is 13.2 Å². The Kier molecular flexibility index (Phi) is 7.84. The van der Waals surface area contributed by atoms with E-state index in [0.717, 1.165) is 16.8 Å². The van der Waals surface area contributed by atoms with E-state index in [1.54, 1.807) is 0 Å². The van der Waals surface area contributed by atoms with Gasteiger partial charge in [0.15, 0.2) is 0 Å². The molecule has 0 aromatic heterocycles. The fourth-order valence-electron chi connectivity index (χ4n) is 4.68. The molecule has 2 rings (SSSR count). The fourth-order valence-corrected chi connectivity index (χ4v) is 5.33. The van der Waals surface area contributed by atoms with Crippen LogP contribution in [0.25, 0.3) is 0 Å². The van der Waals surface area contributed by atoms with Crippen molar-refractivity contribution >= 4 is 15.9 Å². The summed E-state index contributed by atoms with van der Waals surface area (Å²) in [6.45, 7) is 23.2. The van der Waals surface area contributed by atoms with Crippen LogP contribution in [0.1, 0.15) is 75.4 Å². The third-order valence-electron chi connectivity index (χ3n) is 6.66. The topological polar surface area (TPSA) is 18.5 Å². The monoisotopic (exact) mass is 460 g/mol. The Bertz CT molecular complexity index is 780. The van der Waals surface area contributed by atoms with Gasteiger partial charge in [0.05, 0.1) is 13.2 Å². The highest BCUT2D eigenvalue weighted by Crippen LogP contribution is 2.44. The molecule has 160 valence electrons. The van der Waals surface area contributed by atoms with Crippen molar-refractivity contribution in [3.05, 3.63) is 55.6 Å². The zero-order chi connectivity index (χ0) is 22.0. The van der Waals surface area contributed by atoms with Crippen LogP contribution in [-0.2, 0) is 0 Å². The summed E-state index contributed by atoms with van der Waals surface area (Å²) in [5.41, 5.74) is 13.2. The van der Waals surface area contributed by atoms with Gasteiger partial charge in [0.2, 0.25) is 0 Å². The van der Waals surface area contributed by atoms with Gasteiger partial charge in [0, 0.05) is 11.2 Å². The van der Waals surface area contributed by atoms with Crippen molar-refractivity contribution in [1.29, 1.82) is 0 Å². The first-order valence-electron chi connectivity index (χ1n) is 10.7. The van der Waals surface area contributed by atoms with E-state index >= 15 is 0 Å². The van der Waals surface area contributed by atoms with E-state index in [-0.39, 0.29) is 5.92 Å². The molecule has 0 spiro atoms. The van der Waals surface area contributed by atoms with Gasteiger partial charge in [-0.05, 0) is 125 Å². The first kappa shape index (κ1) is 23.8. The van der Waals surface area contributed by atoms with Crippen LogP contribution in [0, 0.1) is 55.4 Å². The molecule has 0 saturated heterocycles. The van der Waals surface area contributed by atoms with Gasteiger partial charge in [-0.3, -0.25) is 0 Å². The summed E-state index contributed by atoms with van der Waals surface area (Å²) in [4.78, 5) is 0. The maximum absolute atomic E-state index is 6.00. The molecule has 0 N–H and O–H groups in total. The number of ether oxygens (including phenoxy) is 2. The number of alkyl halides is 1. The Morgan fingerprint density at radius 1 is 0.552 bits per heavy atom. The van der Waals surface area contributed by atoms with Gasteiger partial charge in [-0.25, -0.2) is 0 Å². The molecule has 0 unspecified atom stereocenters. The molecule has 0 amide bonds. The van der Waals surface area contributed by atoms with Crippen LogP contribution in [0.5, 0.6) is 11.5 Å². The summed E-state index contributed by atoms with van der Waals surface area (Å²) < 4.78 is 12.0. The molecular formula is C26H37BrO2. The lowest BCUT2D eigenvalue weighted by Crippen LogP contribution is -2.15. The lowest BCUT2D eigenvalue weighted by atomic mass is 9.78. The number of hydrogen-bond donors (Lipinski definition) is 0. The van der Waals surface area contributed by atoms with Crippen LogP contribution in [0.2, 0.25) is 0 Å². The van der Waals surface area contributed by atoms with Gasteiger partial charge >= 0.3 is 0 Å². The molecule has 0 atom stereocenters. The Morgan fingerprint density at radius 3 is 1.03 bits per heavy atom. The third kappa shape index (κ3) is 4.08. The molecule has 0 fully saturated rings. The van der Waals surface area contributed by atoms with Gasteiger partial charge in [0.25, 0.3) is 0 Å². The van der Waals surface area contributed by atoms with Crippen molar-refractivity contribution in [3.8, 4) is 11.5 Å². The molecule has 0 heterocycles. The predicted molar refractivity (Wildman–Crippen MR) is 129 cm³/mol. The van der Waals surface area contributed by atoms with E-state index in [2.05, 4.69) is 85.2 Å². The lowest BCUT2D eigenvalue weighted by molar-refractivity contribution is 0.334. The zero-order valence-corrected chi connectivity index (χ0v) is 21.5. The summed E-state index contributed by atoms with van der Waals surface area (Å²) in [6.07, 6.45) is 0. The Morgan fingerprint density at radius 2 is 0.828 bits per heavy atom. The van der Waals surface area contributed by atoms with Crippen molar-refractivity contribution in [1.82, 2.24) is 0 Å². The van der Waals surface area contributed by atoms with E-state index in [4.69, 9.17) is 9.47 Å². The molecule has 0 aliphatic rings. The zero-order valence-electron chi connectivity index (χ0n) is 19.9. The number of rotatable bonds is 7. The van der Waals surface area contributed by atoms with E-state index in [1.165, 1.54) is 55.6 Å². The second-order valence-electron chi connectivity index (χ2n) is 8.06. The minimum Gasteiger partial charge on any atom is -0.493 e. The van der Waals surface area contributed by atoms with Crippen molar-refractivity contribution in [2.45, 2.75) is 75.2 Å². The second-order valence-corrected chi connectivity index (χ2v) is 8.71. The van der Waals surface area contributed by atoms with Crippen molar-refractivity contribution in [2.24, 2.45) is 0 Å². The van der Waals surface area contributed by atoms with E-state index in [9.17, 15) is 0 Å². The van der Waals surface area contributed by atoms with Gasteiger partial charge in [-0.1, -0.05) is 15.9 Å². The van der Waals surface area contributed by atoms with Crippen LogP contribution in [0.4, 0.5) is 0 Å². The van der Waals surface area contributed by atoms with Crippen LogP contribution in [-0.4, -0.2) is 18.5 Å². The predicted octanol–water partition coefficient (Wildman–Crippen LogP) is 7.48. The highest BCUT2D eigenvalue weighted by Gasteiger charge is 2.27. The molecular weight excluding hydrogens is 424 g/mol. The van der Waals surface area contributed by atoms with Gasteiger partial charge < -0.3 is 9.47 Å². The van der Waals surface area contributed by atoms with Gasteiger partial charge in [-0.15, -0.1) is 0 Å². The number of hydrogen-bond acceptors (Lipinski definition) is 2. The SMILES string of the molecule is CCOc1c(C)c(C)c(C(CBr)c2c(C)c(C)c(OCC)c(C)c2C)c(C)c1C. The maximum Gasteiger partial charge on any atom is 0.125 e. The quantitative estimate of drug-likeness (QED) is 0.398. The van der Waals surface area contributed by atoms with Gasteiger partial charge in [-0.2, -0.15) is 0 Å². The first-order chi connectivity index (χ1) is 13.6. The minimum atomic E-state index is 0.288. The molecule has 29 heavy (non-hydrogen) atoms. The number of halogens is 1. The average Bonchev–Trinajstić information content (AvgIpc) is 2.70. The Hall–Kier alpha value is -1.48. The lowest BCUT2D eigenvalue weighted by Gasteiger charge is -2.30. The van der Waals surface area contributed by atoms with Crippen LogP contribution < -0.4 is 9.47 Å². The smallest absolute Gasteiger partial charge is 0.125 e. The largest absolute Gasteiger partial charge is 0.493 e. The average molecular weight is 461 g/mol. The fraction of sp³-hybridized carbons (Fsp3) is 0.538. The normalized spacial score (nSPS) is 11.3. The van der Waals surface area contributed by atoms with Crippen molar-refractivity contribution < 1.29 is 9.47 Å². The van der Waals surface area contributed by atoms with Crippen molar-refractivity contribution in [2.75, 3.05) is 18.5 Å². The van der Waals surface area contributed by atoms with E-state index < -0.39 is 0 Å². The van der Waals surface area contributed by atoms with Crippen molar-refractivity contribution in [3.63, 3.8) is 0 Å². The molecule has 2 aromatic carbocycles. The van der Waals surface area contributed by atoms with E-state index in [1.807, 2.05) is 0 Å². The second kappa shape index (κ2) is 9.55. The summed E-state index contributed by atoms with van der Waals surface area (Å²) in [7, 11) is 0. The van der Waals surface area contributed by atoms with Crippen LogP contribution >= 0.6 is 15.9 Å². The maximum atomic E-state index is 6.00. The molecule has 0 aliphatic heterocycles. The molecule has 0 radical (unpaired) electrons. The molecule has 0 bridgehead atoms. The Balaban J connectivity index is 2.83. The third-order valence-corrected chi connectivity index (χ3v) is 7.30. The molecule has 0 saturated carbocycles. The molecule has 2 aromatic rings. The minimum absolute atomic E-state index is 0.288. The number of benzene rings is 2. The first-order valence-corrected chi connectivity index (χ1v) is 11.8. The van der Waals surface area contributed by atoms with Crippen LogP contribution in [0.3, 0.4) is 0 Å². The van der Waals surface area contributed by atoms with Gasteiger partial charge in [0.1, 0.15) is 11.5 Å². The highest BCUT2D eigenvalue weighted by atomic mass is 79.9. The highest BCUT2D eigenvalue weighted by molar-refractivity contribution is 9.09. The summed E-state index contributed by atoms with van der Waals surface area (Å²) >= 11 is 3.86.